The molecule has 0 aliphatic heterocycles. The number of aromatic nitrogens is 1. The van der Waals surface area contributed by atoms with Gasteiger partial charge >= 0.3 is 6.03 Å². The highest BCUT2D eigenvalue weighted by Crippen LogP contribution is 2.40. The fraction of sp³-hybridized carbons (Fsp3) is 0.357. The van der Waals surface area contributed by atoms with Gasteiger partial charge in [0.1, 0.15) is 11.6 Å². The molecule has 3 rings (SSSR count). The molecular weight excluding hydrogens is 272 g/mol. The summed E-state index contributed by atoms with van der Waals surface area (Å²) in [5.74, 6) is 0.747. The zero-order valence-electron chi connectivity index (χ0n) is 11.6. The van der Waals surface area contributed by atoms with E-state index in [1.807, 2.05) is 17.4 Å². The molecule has 1 saturated carbocycles. The predicted molar refractivity (Wildman–Crippen MR) is 76.8 cm³/mol. The van der Waals surface area contributed by atoms with Crippen LogP contribution in [0.1, 0.15) is 31.6 Å². The number of anilines is 1. The van der Waals surface area contributed by atoms with Gasteiger partial charge in [0.25, 0.3) is 0 Å². The van der Waals surface area contributed by atoms with E-state index >= 15 is 0 Å². The van der Waals surface area contributed by atoms with Gasteiger partial charge in [-0.05, 0) is 38.0 Å². The molecule has 3 amide bonds. The van der Waals surface area contributed by atoms with Gasteiger partial charge in [0.05, 0.1) is 0 Å². The van der Waals surface area contributed by atoms with Gasteiger partial charge in [0, 0.05) is 11.6 Å². The standard InChI is InChI=1S/C14H16N4O3/c1-7(12(19)18-14(15)20)16-9-4-5-11-10(6-9)17-13(21-11)8-2-3-8/h4-8,16H,2-3H2,1H3,(H3,15,18,19,20)/t7-/m0/s1. The topological polar surface area (TPSA) is 110 Å². The summed E-state index contributed by atoms with van der Waals surface area (Å²) < 4.78 is 5.67. The molecule has 4 N–H and O–H groups in total. The molecule has 1 aromatic heterocycles. The van der Waals surface area contributed by atoms with Crippen LogP contribution in [0.2, 0.25) is 0 Å². The summed E-state index contributed by atoms with van der Waals surface area (Å²) >= 11 is 0. The van der Waals surface area contributed by atoms with E-state index in [9.17, 15) is 9.59 Å². The van der Waals surface area contributed by atoms with Gasteiger partial charge in [-0.25, -0.2) is 9.78 Å². The third kappa shape index (κ3) is 2.96. The normalized spacial score (nSPS) is 15.7. The molecule has 110 valence electrons. The number of amides is 3. The number of hydrogen-bond donors (Lipinski definition) is 3. The lowest BCUT2D eigenvalue weighted by molar-refractivity contribution is -0.120. The van der Waals surface area contributed by atoms with Gasteiger partial charge in [0.2, 0.25) is 5.91 Å². The molecule has 0 saturated heterocycles. The number of carbonyl (C=O) groups is 2. The SMILES string of the molecule is C[C@H](Nc1ccc2oc(C3CC3)nc2c1)C(=O)NC(N)=O. The Morgan fingerprint density at radius 1 is 1.43 bits per heavy atom. The molecule has 2 aromatic rings. The average Bonchev–Trinajstić information content (AvgIpc) is 3.18. The van der Waals surface area contributed by atoms with Crippen molar-refractivity contribution in [3.05, 3.63) is 24.1 Å². The van der Waals surface area contributed by atoms with Crippen LogP contribution in [0.15, 0.2) is 22.6 Å². The summed E-state index contributed by atoms with van der Waals surface area (Å²) in [6.07, 6.45) is 2.25. The molecule has 0 radical (unpaired) electrons. The van der Waals surface area contributed by atoms with Crippen molar-refractivity contribution in [1.29, 1.82) is 0 Å². The Labute approximate surface area is 120 Å². The van der Waals surface area contributed by atoms with Crippen molar-refractivity contribution in [2.75, 3.05) is 5.32 Å². The van der Waals surface area contributed by atoms with Gasteiger partial charge in [-0.1, -0.05) is 0 Å². The van der Waals surface area contributed by atoms with Crippen molar-refractivity contribution in [2.24, 2.45) is 5.73 Å². The number of hydrogen-bond acceptors (Lipinski definition) is 5. The van der Waals surface area contributed by atoms with Gasteiger partial charge in [0.15, 0.2) is 11.5 Å². The smallest absolute Gasteiger partial charge is 0.318 e. The van der Waals surface area contributed by atoms with Crippen LogP contribution in [0.5, 0.6) is 0 Å². The lowest BCUT2D eigenvalue weighted by atomic mass is 10.2. The largest absolute Gasteiger partial charge is 0.440 e. The van der Waals surface area contributed by atoms with E-state index in [1.54, 1.807) is 13.0 Å². The van der Waals surface area contributed by atoms with Crippen LogP contribution < -0.4 is 16.4 Å². The fourth-order valence-electron chi connectivity index (χ4n) is 2.09. The molecule has 1 aliphatic carbocycles. The van der Waals surface area contributed by atoms with Gasteiger partial charge in [-0.15, -0.1) is 0 Å². The second-order valence-corrected chi connectivity index (χ2v) is 5.23. The summed E-state index contributed by atoms with van der Waals surface area (Å²) in [7, 11) is 0. The van der Waals surface area contributed by atoms with Crippen molar-refractivity contribution in [2.45, 2.75) is 31.7 Å². The third-order valence-electron chi connectivity index (χ3n) is 3.35. The second-order valence-electron chi connectivity index (χ2n) is 5.23. The van der Waals surface area contributed by atoms with Crippen LogP contribution in [0, 0.1) is 0 Å². The molecule has 0 unspecified atom stereocenters. The quantitative estimate of drug-likeness (QED) is 0.793. The Morgan fingerprint density at radius 2 is 2.19 bits per heavy atom. The number of primary amides is 1. The molecule has 7 heteroatoms. The molecular formula is C14H16N4O3. The predicted octanol–water partition coefficient (Wildman–Crippen LogP) is 1.70. The molecule has 0 bridgehead atoms. The van der Waals surface area contributed by atoms with E-state index in [2.05, 4.69) is 10.3 Å². The number of carbonyl (C=O) groups excluding carboxylic acids is 2. The first kappa shape index (κ1) is 13.4. The summed E-state index contributed by atoms with van der Waals surface area (Å²) in [4.78, 5) is 26.7. The van der Waals surface area contributed by atoms with Crippen LogP contribution >= 0.6 is 0 Å². The number of benzene rings is 1. The Morgan fingerprint density at radius 3 is 2.86 bits per heavy atom. The average molecular weight is 288 g/mol. The molecule has 1 atom stereocenters. The van der Waals surface area contributed by atoms with Crippen molar-refractivity contribution >= 4 is 28.7 Å². The lowest BCUT2D eigenvalue weighted by Gasteiger charge is -2.13. The van der Waals surface area contributed by atoms with Crippen molar-refractivity contribution in [3.8, 4) is 0 Å². The minimum atomic E-state index is -0.866. The molecule has 1 aromatic carbocycles. The number of nitrogens with two attached hydrogens (primary N) is 1. The zero-order chi connectivity index (χ0) is 15.0. The Hall–Kier alpha value is -2.57. The van der Waals surface area contributed by atoms with Crippen LogP contribution in [0.4, 0.5) is 10.5 Å². The second kappa shape index (κ2) is 5.08. The number of urea groups is 1. The van der Waals surface area contributed by atoms with E-state index in [0.717, 1.165) is 35.5 Å². The molecule has 1 heterocycles. The van der Waals surface area contributed by atoms with Crippen molar-refractivity contribution < 1.29 is 14.0 Å². The van der Waals surface area contributed by atoms with Crippen molar-refractivity contribution in [3.63, 3.8) is 0 Å². The number of nitrogens with one attached hydrogen (secondary N) is 2. The lowest BCUT2D eigenvalue weighted by Crippen LogP contribution is -2.43. The first-order chi connectivity index (χ1) is 10.0. The summed E-state index contributed by atoms with van der Waals surface area (Å²) in [5.41, 5.74) is 7.13. The number of fused-ring (bicyclic) bond motifs is 1. The van der Waals surface area contributed by atoms with E-state index in [-0.39, 0.29) is 0 Å². The highest BCUT2D eigenvalue weighted by atomic mass is 16.3. The van der Waals surface area contributed by atoms with Crippen LogP contribution in [0.3, 0.4) is 0 Å². The van der Waals surface area contributed by atoms with Crippen molar-refractivity contribution in [1.82, 2.24) is 10.3 Å². The monoisotopic (exact) mass is 288 g/mol. The van der Waals surface area contributed by atoms with Gasteiger partial charge < -0.3 is 15.5 Å². The molecule has 1 fully saturated rings. The van der Waals surface area contributed by atoms with E-state index < -0.39 is 18.0 Å². The summed E-state index contributed by atoms with van der Waals surface area (Å²) in [6, 6.07) is 3.98. The third-order valence-corrected chi connectivity index (χ3v) is 3.35. The molecule has 21 heavy (non-hydrogen) atoms. The number of imide groups is 1. The van der Waals surface area contributed by atoms with E-state index in [0.29, 0.717) is 5.92 Å². The highest BCUT2D eigenvalue weighted by Gasteiger charge is 2.28. The van der Waals surface area contributed by atoms with Crippen LogP contribution in [0.25, 0.3) is 11.1 Å². The Bertz CT molecular complexity index is 705. The van der Waals surface area contributed by atoms with Crippen LogP contribution in [-0.2, 0) is 4.79 Å². The minimum absolute atomic E-state index is 0.453. The maximum atomic E-state index is 11.6. The molecule has 0 spiro atoms. The number of rotatable bonds is 4. The highest BCUT2D eigenvalue weighted by molar-refractivity contribution is 5.97. The molecule has 1 aliphatic rings. The first-order valence-electron chi connectivity index (χ1n) is 6.80. The minimum Gasteiger partial charge on any atom is -0.440 e. The Balaban J connectivity index is 1.74. The summed E-state index contributed by atoms with van der Waals surface area (Å²) in [6.45, 7) is 1.64. The maximum absolute atomic E-state index is 11.6. The Kier molecular flexibility index (Phi) is 3.25. The van der Waals surface area contributed by atoms with Crippen LogP contribution in [-0.4, -0.2) is 23.0 Å². The van der Waals surface area contributed by atoms with E-state index in [4.69, 9.17) is 10.2 Å². The molecule has 7 nitrogen and oxygen atoms in total. The zero-order valence-corrected chi connectivity index (χ0v) is 11.6. The van der Waals surface area contributed by atoms with E-state index in [1.165, 1.54) is 0 Å². The summed E-state index contributed by atoms with van der Waals surface area (Å²) in [5, 5.41) is 5.02. The number of nitrogens with zero attached hydrogens (tertiary/aromatic N) is 1. The van der Waals surface area contributed by atoms with Gasteiger partial charge in [-0.2, -0.15) is 0 Å². The van der Waals surface area contributed by atoms with Gasteiger partial charge in [-0.3, -0.25) is 10.1 Å². The maximum Gasteiger partial charge on any atom is 0.318 e. The fourth-order valence-corrected chi connectivity index (χ4v) is 2.09. The number of oxazole rings is 1. The first-order valence-corrected chi connectivity index (χ1v) is 6.80.